The highest BCUT2D eigenvalue weighted by atomic mass is 16.7. The molecule has 10 atom stereocenters. The van der Waals surface area contributed by atoms with Crippen LogP contribution < -0.4 is 14.2 Å². The Morgan fingerprint density at radius 1 is 0.795 bits per heavy atom. The van der Waals surface area contributed by atoms with Gasteiger partial charge in [-0.25, -0.2) is 0 Å². The van der Waals surface area contributed by atoms with Gasteiger partial charge in [0.1, 0.15) is 65.5 Å². The van der Waals surface area contributed by atoms with E-state index >= 15 is 0 Å². The molecule has 2 aromatic carbocycles. The molecular formula is C29H36O15. The van der Waals surface area contributed by atoms with Gasteiger partial charge in [-0.05, 0) is 30.7 Å². The zero-order valence-electron chi connectivity index (χ0n) is 24.0. The molecule has 0 unspecified atom stereocenters. The Labute approximate surface area is 251 Å². The van der Waals surface area contributed by atoms with Gasteiger partial charge in [-0.1, -0.05) is 12.1 Å². The number of rotatable bonds is 10. The second kappa shape index (κ2) is 14.1. The molecule has 0 saturated carbocycles. The van der Waals surface area contributed by atoms with Crippen molar-refractivity contribution >= 4 is 11.9 Å². The number of allylic oxidation sites excluding steroid dienone is 1. The van der Waals surface area contributed by atoms with Crippen molar-refractivity contribution in [2.45, 2.75) is 68.3 Å². The number of hydrogen-bond acceptors (Lipinski definition) is 15. The van der Waals surface area contributed by atoms with Crippen molar-refractivity contribution < 1.29 is 74.1 Å². The number of carbonyl (C=O) groups excluding carboxylic acids is 1. The highest BCUT2D eigenvalue weighted by Gasteiger charge is 2.47. The molecule has 0 aromatic heterocycles. The molecule has 0 bridgehead atoms. The maximum atomic E-state index is 12.9. The Morgan fingerprint density at radius 2 is 1.45 bits per heavy atom. The largest absolute Gasteiger partial charge is 0.507 e. The minimum absolute atomic E-state index is 0.101. The lowest BCUT2D eigenvalue weighted by Gasteiger charge is -2.42. The van der Waals surface area contributed by atoms with Crippen LogP contribution in [0, 0.1) is 0 Å². The lowest BCUT2D eigenvalue weighted by Crippen LogP contribution is -2.61. The maximum Gasteiger partial charge on any atom is 0.229 e. The van der Waals surface area contributed by atoms with E-state index in [0.29, 0.717) is 5.56 Å². The van der Waals surface area contributed by atoms with Crippen LogP contribution in [0.25, 0.3) is 6.08 Å². The first-order valence-electron chi connectivity index (χ1n) is 13.5. The van der Waals surface area contributed by atoms with Crippen LogP contribution in [-0.4, -0.2) is 129 Å². The molecule has 0 spiro atoms. The number of carbonyl (C=O) groups is 1. The van der Waals surface area contributed by atoms with E-state index in [9.17, 15) is 45.6 Å². The van der Waals surface area contributed by atoms with Crippen LogP contribution in [-0.2, 0) is 14.2 Å². The highest BCUT2D eigenvalue weighted by Crippen LogP contribution is 2.36. The van der Waals surface area contributed by atoms with Gasteiger partial charge in [0.2, 0.25) is 6.29 Å². The predicted molar refractivity (Wildman–Crippen MR) is 148 cm³/mol. The van der Waals surface area contributed by atoms with Crippen molar-refractivity contribution in [3.8, 4) is 28.7 Å². The van der Waals surface area contributed by atoms with Gasteiger partial charge in [0.15, 0.2) is 23.6 Å². The summed E-state index contributed by atoms with van der Waals surface area (Å²) in [6.07, 6.45) is -12.4. The van der Waals surface area contributed by atoms with Crippen molar-refractivity contribution in [3.05, 3.63) is 47.5 Å². The van der Waals surface area contributed by atoms with Crippen LogP contribution in [0.2, 0.25) is 0 Å². The summed E-state index contributed by atoms with van der Waals surface area (Å²) in [6.45, 7) is 0.958. The number of aliphatic hydroxyl groups is 6. The van der Waals surface area contributed by atoms with Crippen molar-refractivity contribution in [2.75, 3.05) is 20.8 Å². The first-order chi connectivity index (χ1) is 20.9. The van der Waals surface area contributed by atoms with E-state index in [1.54, 1.807) is 6.07 Å². The summed E-state index contributed by atoms with van der Waals surface area (Å²) in [6, 6.07) is 6.80. The summed E-state index contributed by atoms with van der Waals surface area (Å²) in [7, 11) is 2.65. The first kappa shape index (κ1) is 33.4. The molecule has 242 valence electrons. The summed E-state index contributed by atoms with van der Waals surface area (Å²) < 4.78 is 32.3. The summed E-state index contributed by atoms with van der Waals surface area (Å²) in [5, 5.41) is 82.0. The normalized spacial score (nSPS) is 32.4. The van der Waals surface area contributed by atoms with Gasteiger partial charge in [-0.15, -0.1) is 0 Å². The summed E-state index contributed by atoms with van der Waals surface area (Å²) in [5.41, 5.74) is 0.263. The van der Waals surface area contributed by atoms with E-state index in [4.69, 9.17) is 28.4 Å². The van der Waals surface area contributed by atoms with Crippen molar-refractivity contribution in [3.63, 3.8) is 0 Å². The van der Waals surface area contributed by atoms with Gasteiger partial charge in [0, 0.05) is 12.1 Å². The number of ketones is 1. The molecule has 2 aliphatic rings. The third kappa shape index (κ3) is 7.07. The number of phenols is 2. The van der Waals surface area contributed by atoms with E-state index in [0.717, 1.165) is 12.1 Å². The Kier molecular flexibility index (Phi) is 10.7. The molecular weight excluding hydrogens is 588 g/mol. The molecule has 15 heteroatoms. The molecule has 2 aliphatic heterocycles. The lowest BCUT2D eigenvalue weighted by molar-refractivity contribution is -0.318. The lowest BCUT2D eigenvalue weighted by atomic mass is 9.98. The molecule has 2 heterocycles. The fraction of sp³-hybridized carbons (Fsp3) is 0.483. The standard InChI is InChI=1S/C29H36O15/c1-12-22(33)24(35)26(37)28(42-12)41-11-20-23(34)25(36)27(38)29(44-20)43-14-9-17(32)21(19(10-14)40-3)15(30)6-4-13-5-7-18(39-2)16(31)8-13/h4-10,12,20,22-29,31-38H,11H2,1-3H3/b6-4+/t12-,20+,22-,23+,24+,25-,26-,27+,28+,29+/m0/s1. The van der Waals surface area contributed by atoms with Gasteiger partial charge >= 0.3 is 0 Å². The Morgan fingerprint density at radius 3 is 2.11 bits per heavy atom. The average molecular weight is 625 g/mol. The van der Waals surface area contributed by atoms with Gasteiger partial charge < -0.3 is 69.3 Å². The van der Waals surface area contributed by atoms with Crippen LogP contribution in [0.5, 0.6) is 28.7 Å². The predicted octanol–water partition coefficient (Wildman–Crippen LogP) is -0.958. The van der Waals surface area contributed by atoms with E-state index in [2.05, 4.69) is 0 Å². The Hall–Kier alpha value is -3.51. The molecule has 2 saturated heterocycles. The monoisotopic (exact) mass is 624 g/mol. The number of phenolic OH excluding ortho intramolecular Hbond substituents is 2. The topological polar surface area (TPSA) is 234 Å². The molecule has 0 radical (unpaired) electrons. The van der Waals surface area contributed by atoms with Gasteiger partial charge in [0.25, 0.3) is 0 Å². The molecule has 2 fully saturated rings. The van der Waals surface area contributed by atoms with Gasteiger partial charge in [-0.3, -0.25) is 4.79 Å². The fourth-order valence-corrected chi connectivity index (χ4v) is 4.75. The van der Waals surface area contributed by atoms with Crippen molar-refractivity contribution in [1.82, 2.24) is 0 Å². The minimum atomic E-state index is -1.77. The quantitative estimate of drug-likeness (QED) is 0.117. The number of aromatic hydroxyl groups is 2. The molecule has 4 rings (SSSR count). The van der Waals surface area contributed by atoms with Crippen molar-refractivity contribution in [2.24, 2.45) is 0 Å². The van der Waals surface area contributed by atoms with Crippen LogP contribution in [0.15, 0.2) is 36.4 Å². The Balaban J connectivity index is 1.46. The summed E-state index contributed by atoms with van der Waals surface area (Å²) in [5.74, 6) is -1.31. The highest BCUT2D eigenvalue weighted by molar-refractivity contribution is 6.10. The van der Waals surface area contributed by atoms with Gasteiger partial charge in [0.05, 0.1) is 26.9 Å². The molecule has 15 nitrogen and oxygen atoms in total. The minimum Gasteiger partial charge on any atom is -0.507 e. The Bertz CT molecular complexity index is 1330. The SMILES string of the molecule is COc1ccc(/C=C/C(=O)c2c(O)cc(O[C@@H]3O[C@H](CO[C@@H]4O[C@@H](C)[C@H](O)[C@@H](O)[C@@H]4O)[C@@H](O)[C@H](O)[C@H]3O)cc2OC)cc1O. The summed E-state index contributed by atoms with van der Waals surface area (Å²) >= 11 is 0. The van der Waals surface area contributed by atoms with Crippen LogP contribution in [0.4, 0.5) is 0 Å². The van der Waals surface area contributed by atoms with E-state index < -0.39 is 79.6 Å². The van der Waals surface area contributed by atoms with E-state index in [1.165, 1.54) is 45.4 Å². The number of hydrogen-bond donors (Lipinski definition) is 8. The smallest absolute Gasteiger partial charge is 0.229 e. The van der Waals surface area contributed by atoms with E-state index in [1.807, 2.05) is 0 Å². The number of ether oxygens (including phenoxy) is 6. The molecule has 8 N–H and O–H groups in total. The van der Waals surface area contributed by atoms with Crippen LogP contribution >= 0.6 is 0 Å². The first-order valence-corrected chi connectivity index (χ1v) is 13.5. The number of methoxy groups -OCH3 is 2. The fourth-order valence-electron chi connectivity index (χ4n) is 4.75. The third-order valence-electron chi connectivity index (χ3n) is 7.31. The zero-order valence-corrected chi connectivity index (χ0v) is 24.0. The number of aliphatic hydroxyl groups excluding tert-OH is 6. The van der Waals surface area contributed by atoms with Crippen LogP contribution in [0.3, 0.4) is 0 Å². The number of benzene rings is 2. The van der Waals surface area contributed by atoms with E-state index in [-0.39, 0.29) is 28.6 Å². The maximum absolute atomic E-state index is 12.9. The van der Waals surface area contributed by atoms with Crippen molar-refractivity contribution in [1.29, 1.82) is 0 Å². The van der Waals surface area contributed by atoms with Crippen LogP contribution in [0.1, 0.15) is 22.8 Å². The third-order valence-corrected chi connectivity index (χ3v) is 7.31. The molecule has 0 aliphatic carbocycles. The molecule has 44 heavy (non-hydrogen) atoms. The van der Waals surface area contributed by atoms with Gasteiger partial charge in [-0.2, -0.15) is 0 Å². The average Bonchev–Trinajstić information content (AvgIpc) is 3.00. The second-order valence-corrected chi connectivity index (χ2v) is 10.3. The summed E-state index contributed by atoms with van der Waals surface area (Å²) in [4.78, 5) is 12.9. The molecule has 2 aromatic rings. The zero-order chi connectivity index (χ0) is 32.3. The molecule has 0 amide bonds. The second-order valence-electron chi connectivity index (χ2n) is 10.3.